The van der Waals surface area contributed by atoms with Crippen LogP contribution in [0.1, 0.15) is 51.1 Å². The molecule has 0 bridgehead atoms. The number of nitrogens with zero attached hydrogens (tertiary/aromatic N) is 1. The first-order valence-corrected chi connectivity index (χ1v) is 7.94. The largest absolute Gasteiger partial charge is 0.508 e. The standard InChI is InChI=1S/C17H28N2O/c1-14-8-5-6-12-19(14)13-7-11-18-15(2)16-9-3-4-10-17(16)20/h3-4,9-10,14-15,18,20H,5-8,11-13H2,1-2H3. The Bertz CT molecular complexity index is 408. The van der Waals surface area contributed by atoms with Gasteiger partial charge in [-0.25, -0.2) is 0 Å². The Morgan fingerprint density at radius 3 is 2.90 bits per heavy atom. The average Bonchev–Trinajstić information content (AvgIpc) is 2.45. The Morgan fingerprint density at radius 1 is 1.35 bits per heavy atom. The highest BCUT2D eigenvalue weighted by molar-refractivity contribution is 5.34. The summed E-state index contributed by atoms with van der Waals surface area (Å²) in [7, 11) is 0. The zero-order chi connectivity index (χ0) is 14.4. The number of rotatable bonds is 6. The highest BCUT2D eigenvalue weighted by Crippen LogP contribution is 2.23. The molecule has 1 aromatic rings. The number of hydrogen-bond donors (Lipinski definition) is 2. The number of piperidine rings is 1. The lowest BCUT2D eigenvalue weighted by molar-refractivity contribution is 0.158. The summed E-state index contributed by atoms with van der Waals surface area (Å²) in [5, 5.41) is 13.3. The van der Waals surface area contributed by atoms with Crippen LogP contribution in [0.4, 0.5) is 0 Å². The fourth-order valence-corrected chi connectivity index (χ4v) is 3.05. The van der Waals surface area contributed by atoms with E-state index in [-0.39, 0.29) is 6.04 Å². The van der Waals surface area contributed by atoms with Crippen molar-refractivity contribution in [2.24, 2.45) is 0 Å². The van der Waals surface area contributed by atoms with E-state index in [0.717, 1.165) is 18.2 Å². The number of phenols is 1. The van der Waals surface area contributed by atoms with Gasteiger partial charge in [0.1, 0.15) is 5.75 Å². The molecule has 112 valence electrons. The van der Waals surface area contributed by atoms with Crippen LogP contribution in [0.15, 0.2) is 24.3 Å². The molecule has 2 unspecified atom stereocenters. The van der Waals surface area contributed by atoms with E-state index < -0.39 is 0 Å². The third-order valence-electron chi connectivity index (χ3n) is 4.42. The van der Waals surface area contributed by atoms with Crippen molar-refractivity contribution < 1.29 is 5.11 Å². The van der Waals surface area contributed by atoms with Crippen molar-refractivity contribution in [3.8, 4) is 5.75 Å². The molecule has 0 amide bonds. The zero-order valence-corrected chi connectivity index (χ0v) is 12.8. The summed E-state index contributed by atoms with van der Waals surface area (Å²) in [6, 6.07) is 8.53. The summed E-state index contributed by atoms with van der Waals surface area (Å²) < 4.78 is 0. The quantitative estimate of drug-likeness (QED) is 0.783. The van der Waals surface area contributed by atoms with Crippen molar-refractivity contribution in [3.63, 3.8) is 0 Å². The van der Waals surface area contributed by atoms with Crippen molar-refractivity contribution in [2.45, 2.75) is 51.6 Å². The van der Waals surface area contributed by atoms with Gasteiger partial charge in [0, 0.05) is 17.6 Å². The first-order chi connectivity index (χ1) is 9.68. The number of phenolic OH excluding ortho intramolecular Hbond substituents is 1. The molecular formula is C17H28N2O. The van der Waals surface area contributed by atoms with Crippen LogP contribution in [0.3, 0.4) is 0 Å². The van der Waals surface area contributed by atoms with Gasteiger partial charge in [0.25, 0.3) is 0 Å². The smallest absolute Gasteiger partial charge is 0.120 e. The Balaban J connectivity index is 1.69. The van der Waals surface area contributed by atoms with E-state index in [2.05, 4.69) is 24.1 Å². The minimum atomic E-state index is 0.204. The van der Waals surface area contributed by atoms with Crippen LogP contribution in [0.5, 0.6) is 5.75 Å². The maximum Gasteiger partial charge on any atom is 0.120 e. The summed E-state index contributed by atoms with van der Waals surface area (Å²) >= 11 is 0. The Hall–Kier alpha value is -1.06. The molecule has 0 aliphatic carbocycles. The topological polar surface area (TPSA) is 35.5 Å². The third kappa shape index (κ3) is 4.22. The molecule has 1 aromatic carbocycles. The molecule has 1 aliphatic heterocycles. The summed E-state index contributed by atoms with van der Waals surface area (Å²) in [5.41, 5.74) is 0.985. The van der Waals surface area contributed by atoms with Gasteiger partial charge in [0.05, 0.1) is 0 Å². The molecule has 1 fully saturated rings. The predicted molar refractivity (Wildman–Crippen MR) is 84.0 cm³/mol. The van der Waals surface area contributed by atoms with Crippen LogP contribution in [0, 0.1) is 0 Å². The maximum atomic E-state index is 9.83. The minimum absolute atomic E-state index is 0.204. The molecule has 1 aliphatic rings. The van der Waals surface area contributed by atoms with Crippen LogP contribution in [-0.4, -0.2) is 35.7 Å². The molecule has 2 rings (SSSR count). The number of para-hydroxylation sites is 1. The summed E-state index contributed by atoms with van der Waals surface area (Å²) in [6.45, 7) is 7.90. The highest BCUT2D eigenvalue weighted by Gasteiger charge is 2.17. The average molecular weight is 276 g/mol. The van der Waals surface area contributed by atoms with Gasteiger partial charge in [0.2, 0.25) is 0 Å². The highest BCUT2D eigenvalue weighted by atomic mass is 16.3. The SMILES string of the molecule is CC(NCCCN1CCCCC1C)c1ccccc1O. The van der Waals surface area contributed by atoms with Gasteiger partial charge in [-0.3, -0.25) is 0 Å². The molecule has 20 heavy (non-hydrogen) atoms. The number of benzene rings is 1. The lowest BCUT2D eigenvalue weighted by Crippen LogP contribution is -2.39. The Labute approximate surface area is 123 Å². The van der Waals surface area contributed by atoms with Crippen LogP contribution >= 0.6 is 0 Å². The summed E-state index contributed by atoms with van der Waals surface area (Å²) in [4.78, 5) is 2.61. The van der Waals surface area contributed by atoms with Gasteiger partial charge in [-0.1, -0.05) is 24.6 Å². The van der Waals surface area contributed by atoms with Crippen molar-refractivity contribution >= 4 is 0 Å². The lowest BCUT2D eigenvalue weighted by Gasteiger charge is -2.33. The fraction of sp³-hybridized carbons (Fsp3) is 0.647. The van der Waals surface area contributed by atoms with Crippen LogP contribution < -0.4 is 5.32 Å². The van der Waals surface area contributed by atoms with Gasteiger partial charge in [-0.05, 0) is 58.8 Å². The lowest BCUT2D eigenvalue weighted by atomic mass is 10.0. The number of aromatic hydroxyl groups is 1. The summed E-state index contributed by atoms with van der Waals surface area (Å²) in [5.74, 6) is 0.386. The van der Waals surface area contributed by atoms with E-state index in [4.69, 9.17) is 0 Å². The molecule has 0 spiro atoms. The van der Waals surface area contributed by atoms with Crippen LogP contribution in [0.2, 0.25) is 0 Å². The molecule has 0 aromatic heterocycles. The normalized spacial score (nSPS) is 21.8. The molecule has 2 atom stereocenters. The molecule has 3 nitrogen and oxygen atoms in total. The molecule has 1 saturated heterocycles. The molecule has 0 saturated carbocycles. The minimum Gasteiger partial charge on any atom is -0.508 e. The number of nitrogens with one attached hydrogen (secondary N) is 1. The molecule has 1 heterocycles. The summed E-state index contributed by atoms with van der Waals surface area (Å²) in [6.07, 6.45) is 5.26. The molecular weight excluding hydrogens is 248 g/mol. The van der Waals surface area contributed by atoms with E-state index in [1.54, 1.807) is 6.07 Å². The maximum absolute atomic E-state index is 9.83. The third-order valence-corrected chi connectivity index (χ3v) is 4.42. The Morgan fingerprint density at radius 2 is 2.15 bits per heavy atom. The second kappa shape index (κ2) is 7.65. The van der Waals surface area contributed by atoms with E-state index in [9.17, 15) is 5.11 Å². The first kappa shape index (κ1) is 15.3. The van der Waals surface area contributed by atoms with Crippen molar-refractivity contribution in [1.82, 2.24) is 10.2 Å². The van der Waals surface area contributed by atoms with E-state index in [0.29, 0.717) is 5.75 Å². The van der Waals surface area contributed by atoms with Gasteiger partial charge < -0.3 is 15.3 Å². The fourth-order valence-electron chi connectivity index (χ4n) is 3.05. The van der Waals surface area contributed by atoms with Gasteiger partial charge in [-0.15, -0.1) is 0 Å². The van der Waals surface area contributed by atoms with Crippen molar-refractivity contribution in [1.29, 1.82) is 0 Å². The van der Waals surface area contributed by atoms with Crippen molar-refractivity contribution in [2.75, 3.05) is 19.6 Å². The second-order valence-electron chi connectivity index (χ2n) is 5.97. The van der Waals surface area contributed by atoms with Gasteiger partial charge in [0.15, 0.2) is 0 Å². The number of hydrogen-bond acceptors (Lipinski definition) is 3. The number of likely N-dealkylation sites (tertiary alicyclic amines) is 1. The zero-order valence-electron chi connectivity index (χ0n) is 12.8. The van der Waals surface area contributed by atoms with Gasteiger partial charge >= 0.3 is 0 Å². The predicted octanol–water partition coefficient (Wildman–Crippen LogP) is 3.31. The van der Waals surface area contributed by atoms with E-state index in [1.807, 2.05) is 18.2 Å². The van der Waals surface area contributed by atoms with E-state index in [1.165, 1.54) is 38.8 Å². The molecule has 3 heteroatoms. The van der Waals surface area contributed by atoms with Crippen LogP contribution in [-0.2, 0) is 0 Å². The molecule has 2 N–H and O–H groups in total. The van der Waals surface area contributed by atoms with Crippen LogP contribution in [0.25, 0.3) is 0 Å². The Kier molecular flexibility index (Phi) is 5.86. The molecule has 0 radical (unpaired) electrons. The van der Waals surface area contributed by atoms with E-state index >= 15 is 0 Å². The van der Waals surface area contributed by atoms with Gasteiger partial charge in [-0.2, -0.15) is 0 Å². The first-order valence-electron chi connectivity index (χ1n) is 7.94. The second-order valence-corrected chi connectivity index (χ2v) is 5.97. The monoisotopic (exact) mass is 276 g/mol. The van der Waals surface area contributed by atoms with Crippen molar-refractivity contribution in [3.05, 3.63) is 29.8 Å².